The minimum absolute atomic E-state index is 0.0271. The van der Waals surface area contributed by atoms with Gasteiger partial charge in [0.2, 0.25) is 0 Å². The van der Waals surface area contributed by atoms with Gasteiger partial charge in [-0.05, 0) is 12.8 Å². The van der Waals surface area contributed by atoms with Crippen LogP contribution in [0.25, 0.3) is 0 Å². The monoisotopic (exact) mass is 286 g/mol. The minimum atomic E-state index is -3.20. The first-order valence-electron chi connectivity index (χ1n) is 5.95. The van der Waals surface area contributed by atoms with Gasteiger partial charge in [-0.2, -0.15) is 0 Å². The summed E-state index contributed by atoms with van der Waals surface area (Å²) in [4.78, 5) is 19.8. The lowest BCUT2D eigenvalue weighted by molar-refractivity contribution is 0.0523. The first kappa shape index (κ1) is 15.6. The van der Waals surface area contributed by atoms with Crippen molar-refractivity contribution in [3.8, 4) is 0 Å². The molecule has 1 heterocycles. The fourth-order valence-corrected chi connectivity index (χ4v) is 2.15. The molecule has 0 N–H and O–H groups in total. The van der Waals surface area contributed by atoms with Gasteiger partial charge >= 0.3 is 5.97 Å². The van der Waals surface area contributed by atoms with Gasteiger partial charge in [0.15, 0.2) is 9.84 Å². The topological polar surface area (TPSA) is 86.2 Å². The highest BCUT2D eigenvalue weighted by atomic mass is 32.2. The van der Waals surface area contributed by atoms with Gasteiger partial charge in [-0.25, -0.2) is 23.2 Å². The second-order valence-corrected chi connectivity index (χ2v) is 6.67. The van der Waals surface area contributed by atoms with Crippen LogP contribution in [0.4, 0.5) is 0 Å². The number of ether oxygens (including phenoxy) is 1. The summed E-state index contributed by atoms with van der Waals surface area (Å²) < 4.78 is 27.4. The second-order valence-electron chi connectivity index (χ2n) is 4.53. The summed E-state index contributed by atoms with van der Waals surface area (Å²) in [5.41, 5.74) is 0.793. The van der Waals surface area contributed by atoms with Crippen LogP contribution in [0.3, 0.4) is 0 Å². The number of rotatable bonds is 5. The van der Waals surface area contributed by atoms with E-state index in [0.29, 0.717) is 5.69 Å². The van der Waals surface area contributed by atoms with Crippen molar-refractivity contribution in [1.82, 2.24) is 9.97 Å². The van der Waals surface area contributed by atoms with E-state index in [2.05, 4.69) is 9.97 Å². The molecule has 0 aromatic carbocycles. The van der Waals surface area contributed by atoms with Crippen LogP contribution in [-0.4, -0.2) is 37.2 Å². The number of esters is 1. The molecule has 0 saturated carbocycles. The third-order valence-corrected chi connectivity index (χ3v) is 3.08. The summed E-state index contributed by atoms with van der Waals surface area (Å²) >= 11 is 0. The maximum Gasteiger partial charge on any atom is 0.341 e. The average molecular weight is 286 g/mol. The summed E-state index contributed by atoms with van der Waals surface area (Å²) in [5.74, 6) is -0.562. The molecule has 0 atom stereocenters. The molecule has 19 heavy (non-hydrogen) atoms. The number of hydrogen-bond donors (Lipinski definition) is 0. The molecule has 6 nitrogen and oxygen atoms in total. The number of hydrogen-bond acceptors (Lipinski definition) is 6. The van der Waals surface area contributed by atoms with Gasteiger partial charge in [0.25, 0.3) is 0 Å². The molecule has 0 unspecified atom stereocenters. The van der Waals surface area contributed by atoms with E-state index < -0.39 is 15.8 Å². The normalized spacial score (nSPS) is 11.6. The van der Waals surface area contributed by atoms with Crippen LogP contribution in [0.15, 0.2) is 6.20 Å². The SMILES string of the molecule is CCOC(=O)c1cnc(CS(C)(=O)=O)nc1C(C)C. The van der Waals surface area contributed by atoms with Gasteiger partial charge in [0.1, 0.15) is 11.6 Å². The highest BCUT2D eigenvalue weighted by Crippen LogP contribution is 2.18. The van der Waals surface area contributed by atoms with Crippen molar-refractivity contribution in [2.75, 3.05) is 12.9 Å². The van der Waals surface area contributed by atoms with Crippen LogP contribution in [0, 0.1) is 0 Å². The molecule has 0 fully saturated rings. The van der Waals surface area contributed by atoms with Crippen molar-refractivity contribution in [3.63, 3.8) is 0 Å². The first-order chi connectivity index (χ1) is 8.74. The van der Waals surface area contributed by atoms with E-state index in [0.717, 1.165) is 6.26 Å². The highest BCUT2D eigenvalue weighted by Gasteiger charge is 2.19. The number of carbonyl (C=O) groups is 1. The standard InChI is InChI=1S/C12H18N2O4S/c1-5-18-12(15)9-6-13-10(7-19(4,16)17)14-11(9)8(2)3/h6,8H,5,7H2,1-4H3. The van der Waals surface area contributed by atoms with Gasteiger partial charge < -0.3 is 4.74 Å². The molecule has 0 saturated heterocycles. The molecule has 1 rings (SSSR count). The molecule has 1 aromatic rings. The number of aromatic nitrogens is 2. The molecular formula is C12H18N2O4S. The first-order valence-corrected chi connectivity index (χ1v) is 8.01. The Balaban J connectivity index is 3.18. The summed E-state index contributed by atoms with van der Waals surface area (Å²) in [6.45, 7) is 5.72. The molecule has 0 spiro atoms. The zero-order chi connectivity index (χ0) is 14.6. The Hall–Kier alpha value is -1.50. The lowest BCUT2D eigenvalue weighted by Gasteiger charge is -2.11. The largest absolute Gasteiger partial charge is 0.462 e. The number of carbonyl (C=O) groups excluding carboxylic acids is 1. The number of nitrogens with zero attached hydrogens (tertiary/aromatic N) is 2. The summed E-state index contributed by atoms with van der Waals surface area (Å²) in [6, 6.07) is 0. The molecule has 0 amide bonds. The minimum Gasteiger partial charge on any atom is -0.462 e. The quantitative estimate of drug-likeness (QED) is 0.759. The lowest BCUT2D eigenvalue weighted by atomic mass is 10.1. The zero-order valence-corrected chi connectivity index (χ0v) is 12.3. The van der Waals surface area contributed by atoms with Gasteiger partial charge in [0, 0.05) is 12.5 Å². The van der Waals surface area contributed by atoms with E-state index in [1.165, 1.54) is 6.20 Å². The maximum atomic E-state index is 11.7. The number of sulfone groups is 1. The van der Waals surface area contributed by atoms with Crippen molar-refractivity contribution >= 4 is 15.8 Å². The molecule has 0 bridgehead atoms. The molecule has 0 aliphatic rings. The van der Waals surface area contributed by atoms with E-state index in [-0.39, 0.29) is 29.7 Å². The van der Waals surface area contributed by atoms with Crippen molar-refractivity contribution in [1.29, 1.82) is 0 Å². The van der Waals surface area contributed by atoms with E-state index in [1.54, 1.807) is 6.92 Å². The maximum absolute atomic E-state index is 11.7. The van der Waals surface area contributed by atoms with Gasteiger partial charge in [-0.3, -0.25) is 0 Å². The Kier molecular flexibility index (Phi) is 4.99. The van der Waals surface area contributed by atoms with Crippen LogP contribution < -0.4 is 0 Å². The molecule has 0 aliphatic carbocycles. The predicted octanol–water partition coefficient (Wildman–Crippen LogP) is 1.32. The lowest BCUT2D eigenvalue weighted by Crippen LogP contribution is -2.14. The molecular weight excluding hydrogens is 268 g/mol. The highest BCUT2D eigenvalue weighted by molar-refractivity contribution is 7.89. The van der Waals surface area contributed by atoms with Crippen LogP contribution in [0.2, 0.25) is 0 Å². The molecule has 7 heteroatoms. The van der Waals surface area contributed by atoms with Crippen LogP contribution >= 0.6 is 0 Å². The Morgan fingerprint density at radius 1 is 1.42 bits per heavy atom. The Morgan fingerprint density at radius 2 is 2.05 bits per heavy atom. The van der Waals surface area contributed by atoms with Crippen molar-refractivity contribution < 1.29 is 17.9 Å². The van der Waals surface area contributed by atoms with Crippen LogP contribution in [0.5, 0.6) is 0 Å². The van der Waals surface area contributed by atoms with Gasteiger partial charge in [0.05, 0.1) is 17.9 Å². The van der Waals surface area contributed by atoms with Crippen molar-refractivity contribution in [2.24, 2.45) is 0 Å². The fraction of sp³-hybridized carbons (Fsp3) is 0.583. The third-order valence-electron chi connectivity index (χ3n) is 2.30. The zero-order valence-electron chi connectivity index (χ0n) is 11.5. The average Bonchev–Trinajstić information content (AvgIpc) is 2.26. The summed E-state index contributed by atoms with van der Waals surface area (Å²) in [5, 5.41) is 0. The van der Waals surface area contributed by atoms with Crippen LogP contribution in [-0.2, 0) is 20.3 Å². The second kappa shape index (κ2) is 6.10. The smallest absolute Gasteiger partial charge is 0.341 e. The van der Waals surface area contributed by atoms with E-state index in [4.69, 9.17) is 4.74 Å². The summed E-state index contributed by atoms with van der Waals surface area (Å²) in [7, 11) is -3.20. The third kappa shape index (κ3) is 4.59. The van der Waals surface area contributed by atoms with Gasteiger partial charge in [-0.1, -0.05) is 13.8 Å². The Morgan fingerprint density at radius 3 is 2.53 bits per heavy atom. The molecule has 0 radical (unpaired) electrons. The Labute approximate surface area is 113 Å². The van der Waals surface area contributed by atoms with E-state index >= 15 is 0 Å². The predicted molar refractivity (Wildman–Crippen MR) is 70.6 cm³/mol. The van der Waals surface area contributed by atoms with Gasteiger partial charge in [-0.15, -0.1) is 0 Å². The van der Waals surface area contributed by atoms with E-state index in [1.807, 2.05) is 13.8 Å². The van der Waals surface area contributed by atoms with Crippen molar-refractivity contribution in [3.05, 3.63) is 23.3 Å². The fourth-order valence-electron chi connectivity index (χ4n) is 1.54. The van der Waals surface area contributed by atoms with Crippen LogP contribution in [0.1, 0.15) is 48.6 Å². The molecule has 1 aromatic heterocycles. The Bertz CT molecular complexity index is 567. The molecule has 0 aliphatic heterocycles. The summed E-state index contributed by atoms with van der Waals surface area (Å²) in [6.07, 6.45) is 2.45. The van der Waals surface area contributed by atoms with Crippen molar-refractivity contribution in [2.45, 2.75) is 32.4 Å². The molecule has 106 valence electrons. The van der Waals surface area contributed by atoms with E-state index in [9.17, 15) is 13.2 Å².